The highest BCUT2D eigenvalue weighted by Gasteiger charge is 2.37. The number of hydrogen-bond donors (Lipinski definition) is 2. The van der Waals surface area contributed by atoms with Gasteiger partial charge in [-0.1, -0.05) is 32.0 Å². The Morgan fingerprint density at radius 2 is 2.04 bits per heavy atom. The normalized spacial score (nSPS) is 18.3. The predicted molar refractivity (Wildman–Crippen MR) is 94.4 cm³/mol. The van der Waals surface area contributed by atoms with Gasteiger partial charge in [0, 0.05) is 11.6 Å². The van der Waals surface area contributed by atoms with Crippen LogP contribution in [0.2, 0.25) is 0 Å². The molecule has 0 spiro atoms. The van der Waals surface area contributed by atoms with E-state index in [1.807, 2.05) is 18.2 Å². The van der Waals surface area contributed by atoms with E-state index in [-0.39, 0.29) is 17.3 Å². The highest BCUT2D eigenvalue weighted by molar-refractivity contribution is 5.68. The average Bonchev–Trinajstić information content (AvgIpc) is 2.57. The van der Waals surface area contributed by atoms with Crippen LogP contribution in [0.15, 0.2) is 36.4 Å². The molecule has 2 aromatic rings. The van der Waals surface area contributed by atoms with E-state index in [9.17, 15) is 9.18 Å². The highest BCUT2D eigenvalue weighted by atomic mass is 19.1. The van der Waals surface area contributed by atoms with Crippen molar-refractivity contribution in [1.29, 1.82) is 0 Å². The Morgan fingerprint density at radius 3 is 2.68 bits per heavy atom. The SMILES string of the molecule is COc1ccc(-c2ccc3c(c2)CCC(C)(C)C3NC(=O)O)c(F)c1. The van der Waals surface area contributed by atoms with Crippen LogP contribution in [0.1, 0.15) is 37.4 Å². The molecular weight excluding hydrogens is 321 g/mol. The molecule has 132 valence electrons. The van der Waals surface area contributed by atoms with E-state index in [4.69, 9.17) is 9.84 Å². The van der Waals surface area contributed by atoms with E-state index >= 15 is 0 Å². The van der Waals surface area contributed by atoms with Gasteiger partial charge < -0.3 is 15.2 Å². The van der Waals surface area contributed by atoms with Crippen molar-refractivity contribution in [1.82, 2.24) is 5.32 Å². The standard InChI is InChI=1S/C20H22FNO3/c1-20(2)9-8-13-10-12(4-6-16(13)18(20)22-19(23)24)15-7-5-14(25-3)11-17(15)21/h4-7,10-11,18,22H,8-9H2,1-3H3,(H,23,24). The van der Waals surface area contributed by atoms with Crippen molar-refractivity contribution >= 4 is 6.09 Å². The van der Waals surface area contributed by atoms with Gasteiger partial charge >= 0.3 is 6.09 Å². The van der Waals surface area contributed by atoms with Crippen molar-refractivity contribution in [2.45, 2.75) is 32.7 Å². The number of hydrogen-bond acceptors (Lipinski definition) is 2. The molecule has 0 saturated carbocycles. The lowest BCUT2D eigenvalue weighted by Gasteiger charge is -2.40. The Bertz CT molecular complexity index is 817. The monoisotopic (exact) mass is 343 g/mol. The third kappa shape index (κ3) is 3.31. The number of fused-ring (bicyclic) bond motifs is 1. The van der Waals surface area contributed by atoms with Gasteiger partial charge in [0.25, 0.3) is 0 Å². The van der Waals surface area contributed by atoms with Gasteiger partial charge in [0.05, 0.1) is 13.2 Å². The van der Waals surface area contributed by atoms with Gasteiger partial charge in [-0.05, 0) is 47.1 Å². The maximum Gasteiger partial charge on any atom is 0.405 e. The van der Waals surface area contributed by atoms with E-state index in [0.29, 0.717) is 11.3 Å². The molecule has 0 bridgehead atoms. The Kier molecular flexibility index (Phi) is 4.41. The van der Waals surface area contributed by atoms with Gasteiger partial charge in [-0.25, -0.2) is 9.18 Å². The first-order valence-electron chi connectivity index (χ1n) is 8.28. The maximum atomic E-state index is 14.4. The highest BCUT2D eigenvalue weighted by Crippen LogP contribution is 2.44. The number of ether oxygens (including phenoxy) is 1. The van der Waals surface area contributed by atoms with Crippen molar-refractivity contribution in [2.75, 3.05) is 7.11 Å². The predicted octanol–water partition coefficient (Wildman–Crippen LogP) is 4.78. The lowest BCUT2D eigenvalue weighted by Crippen LogP contribution is -2.40. The molecule has 1 amide bonds. The third-order valence-electron chi connectivity index (χ3n) is 5.03. The molecule has 1 aliphatic carbocycles. The van der Waals surface area contributed by atoms with Crippen LogP contribution in [0, 0.1) is 11.2 Å². The van der Waals surface area contributed by atoms with Crippen LogP contribution in [0.5, 0.6) is 5.75 Å². The molecular formula is C20H22FNO3. The molecule has 0 fully saturated rings. The van der Waals surface area contributed by atoms with Crippen LogP contribution in [-0.2, 0) is 6.42 Å². The second-order valence-electron chi connectivity index (χ2n) is 7.13. The van der Waals surface area contributed by atoms with Crippen LogP contribution in [0.3, 0.4) is 0 Å². The van der Waals surface area contributed by atoms with Crippen molar-refractivity contribution in [3.05, 3.63) is 53.3 Å². The number of amides is 1. The summed E-state index contributed by atoms with van der Waals surface area (Å²) >= 11 is 0. The van der Waals surface area contributed by atoms with Gasteiger partial charge in [0.1, 0.15) is 11.6 Å². The summed E-state index contributed by atoms with van der Waals surface area (Å²) < 4.78 is 19.4. The van der Waals surface area contributed by atoms with Gasteiger partial charge in [-0.15, -0.1) is 0 Å². The molecule has 4 nitrogen and oxygen atoms in total. The lowest BCUT2D eigenvalue weighted by molar-refractivity contribution is 0.161. The zero-order chi connectivity index (χ0) is 18.2. The molecule has 25 heavy (non-hydrogen) atoms. The molecule has 0 saturated heterocycles. The fraction of sp³-hybridized carbons (Fsp3) is 0.350. The fourth-order valence-corrected chi connectivity index (χ4v) is 3.55. The zero-order valence-corrected chi connectivity index (χ0v) is 14.6. The van der Waals surface area contributed by atoms with Crippen LogP contribution in [0.4, 0.5) is 9.18 Å². The maximum absolute atomic E-state index is 14.4. The summed E-state index contributed by atoms with van der Waals surface area (Å²) in [7, 11) is 1.50. The Balaban J connectivity index is 2.02. The second kappa shape index (κ2) is 6.39. The zero-order valence-electron chi connectivity index (χ0n) is 14.6. The summed E-state index contributed by atoms with van der Waals surface area (Å²) in [5.74, 6) is 0.141. The Morgan fingerprint density at radius 1 is 1.28 bits per heavy atom. The van der Waals surface area contributed by atoms with Crippen LogP contribution in [0.25, 0.3) is 11.1 Å². The summed E-state index contributed by atoms with van der Waals surface area (Å²) in [5.41, 5.74) is 3.16. The summed E-state index contributed by atoms with van der Waals surface area (Å²) in [5, 5.41) is 11.8. The van der Waals surface area contributed by atoms with E-state index in [1.54, 1.807) is 12.1 Å². The molecule has 2 N–H and O–H groups in total. The molecule has 5 heteroatoms. The first-order chi connectivity index (χ1) is 11.8. The minimum atomic E-state index is -1.03. The first-order valence-corrected chi connectivity index (χ1v) is 8.28. The molecule has 0 aromatic heterocycles. The Labute approximate surface area is 146 Å². The number of benzene rings is 2. The molecule has 1 aliphatic rings. The molecule has 0 heterocycles. The number of halogens is 1. The quantitative estimate of drug-likeness (QED) is 0.843. The fourth-order valence-electron chi connectivity index (χ4n) is 3.55. The average molecular weight is 343 g/mol. The number of carboxylic acid groups (broad SMARTS) is 1. The molecule has 2 aromatic carbocycles. The molecule has 1 unspecified atom stereocenters. The molecule has 1 atom stereocenters. The van der Waals surface area contributed by atoms with Crippen molar-refractivity contribution < 1.29 is 19.0 Å². The number of carbonyl (C=O) groups is 1. The van der Waals surface area contributed by atoms with E-state index in [2.05, 4.69) is 19.2 Å². The Hall–Kier alpha value is -2.56. The smallest absolute Gasteiger partial charge is 0.405 e. The van der Waals surface area contributed by atoms with Gasteiger partial charge in [0.2, 0.25) is 0 Å². The van der Waals surface area contributed by atoms with Crippen molar-refractivity contribution in [3.63, 3.8) is 0 Å². The lowest BCUT2D eigenvalue weighted by atomic mass is 9.70. The van der Waals surface area contributed by atoms with Crippen LogP contribution < -0.4 is 10.1 Å². The number of rotatable bonds is 3. The van der Waals surface area contributed by atoms with E-state index in [0.717, 1.165) is 29.5 Å². The molecule has 0 aliphatic heterocycles. The van der Waals surface area contributed by atoms with Crippen molar-refractivity contribution in [3.8, 4) is 16.9 Å². The van der Waals surface area contributed by atoms with Gasteiger partial charge in [-0.2, -0.15) is 0 Å². The first kappa shape index (κ1) is 17.3. The largest absolute Gasteiger partial charge is 0.497 e. The van der Waals surface area contributed by atoms with Crippen LogP contribution in [-0.4, -0.2) is 18.3 Å². The molecule has 0 radical (unpaired) electrons. The van der Waals surface area contributed by atoms with Crippen LogP contribution >= 0.6 is 0 Å². The van der Waals surface area contributed by atoms with Gasteiger partial charge in [-0.3, -0.25) is 0 Å². The number of aryl methyl sites for hydroxylation is 1. The summed E-state index contributed by atoms with van der Waals surface area (Å²) in [4.78, 5) is 11.2. The summed E-state index contributed by atoms with van der Waals surface area (Å²) in [6.45, 7) is 4.13. The van der Waals surface area contributed by atoms with E-state index in [1.165, 1.54) is 13.2 Å². The topological polar surface area (TPSA) is 58.6 Å². The third-order valence-corrected chi connectivity index (χ3v) is 5.03. The van der Waals surface area contributed by atoms with E-state index < -0.39 is 6.09 Å². The van der Waals surface area contributed by atoms with Gasteiger partial charge in [0.15, 0.2) is 0 Å². The second-order valence-corrected chi connectivity index (χ2v) is 7.13. The minimum Gasteiger partial charge on any atom is -0.497 e. The summed E-state index contributed by atoms with van der Waals surface area (Å²) in [6.07, 6.45) is 0.668. The molecule has 3 rings (SSSR count). The minimum absolute atomic E-state index is 0.168. The summed E-state index contributed by atoms with van der Waals surface area (Å²) in [6, 6.07) is 10.3. The number of nitrogens with one attached hydrogen (secondary N) is 1. The number of methoxy groups -OCH3 is 1. The van der Waals surface area contributed by atoms with Crippen molar-refractivity contribution in [2.24, 2.45) is 5.41 Å².